The van der Waals surface area contributed by atoms with E-state index in [0.29, 0.717) is 17.2 Å². The molecule has 26 heavy (non-hydrogen) atoms. The number of hydrogen-bond acceptors (Lipinski definition) is 5. The van der Waals surface area contributed by atoms with Crippen molar-refractivity contribution in [1.82, 2.24) is 0 Å². The minimum Gasteiger partial charge on any atom is -0.493 e. The highest BCUT2D eigenvalue weighted by atomic mass is 16.5. The van der Waals surface area contributed by atoms with Gasteiger partial charge in [0.15, 0.2) is 11.5 Å². The van der Waals surface area contributed by atoms with Gasteiger partial charge in [-0.15, -0.1) is 10.2 Å². The molecule has 0 fully saturated rings. The quantitative estimate of drug-likeness (QED) is 0.297. The first-order valence-electron chi connectivity index (χ1n) is 8.01. The molecular formula is C20H18N4O2. The zero-order chi connectivity index (χ0) is 18.0. The van der Waals surface area contributed by atoms with E-state index in [0.717, 1.165) is 5.69 Å². The number of benzene rings is 3. The third-order valence-electron chi connectivity index (χ3n) is 3.33. The first-order chi connectivity index (χ1) is 12.8. The highest BCUT2D eigenvalue weighted by molar-refractivity contribution is 5.78. The van der Waals surface area contributed by atoms with Crippen molar-refractivity contribution in [2.45, 2.75) is 0 Å². The zero-order valence-corrected chi connectivity index (χ0v) is 14.2. The molecule has 3 rings (SSSR count). The fourth-order valence-corrected chi connectivity index (χ4v) is 2.09. The Kier molecular flexibility index (Phi) is 5.93. The molecule has 3 aromatic carbocycles. The van der Waals surface area contributed by atoms with E-state index in [1.807, 2.05) is 72.8 Å². The van der Waals surface area contributed by atoms with Gasteiger partial charge in [-0.1, -0.05) is 53.6 Å². The standard InChI is InChI=1S/C20H18N4O2/c1-25-18-14-8-9-15-19(18)26-20(23-21-16-10-4-2-5-11-16)24-22-17-12-6-3-7-13-17/h2-15,21H,1H3. The van der Waals surface area contributed by atoms with Gasteiger partial charge in [0.05, 0.1) is 18.5 Å². The summed E-state index contributed by atoms with van der Waals surface area (Å²) in [5.74, 6) is 1.07. The van der Waals surface area contributed by atoms with Gasteiger partial charge >= 0.3 is 6.02 Å². The van der Waals surface area contributed by atoms with Crippen LogP contribution in [-0.2, 0) is 0 Å². The van der Waals surface area contributed by atoms with Crippen LogP contribution in [0.3, 0.4) is 0 Å². The summed E-state index contributed by atoms with van der Waals surface area (Å²) in [6.07, 6.45) is 0. The second-order valence-electron chi connectivity index (χ2n) is 5.16. The number of methoxy groups -OCH3 is 1. The van der Waals surface area contributed by atoms with E-state index >= 15 is 0 Å². The third kappa shape index (κ3) is 4.91. The smallest absolute Gasteiger partial charge is 0.358 e. The maximum Gasteiger partial charge on any atom is 0.358 e. The van der Waals surface area contributed by atoms with Crippen molar-refractivity contribution in [2.75, 3.05) is 12.5 Å². The number of anilines is 1. The Labute approximate surface area is 151 Å². The average molecular weight is 346 g/mol. The minimum atomic E-state index is 0.0576. The molecule has 0 bridgehead atoms. The second-order valence-corrected chi connectivity index (χ2v) is 5.16. The van der Waals surface area contributed by atoms with Crippen LogP contribution >= 0.6 is 0 Å². The molecule has 0 radical (unpaired) electrons. The maximum atomic E-state index is 5.78. The van der Waals surface area contributed by atoms with Gasteiger partial charge in [0.2, 0.25) is 0 Å². The molecule has 0 aromatic heterocycles. The van der Waals surface area contributed by atoms with Crippen LogP contribution in [0.4, 0.5) is 11.4 Å². The molecule has 0 aliphatic carbocycles. The molecule has 0 atom stereocenters. The number of hydrazone groups is 1. The van der Waals surface area contributed by atoms with Crippen LogP contribution < -0.4 is 14.9 Å². The molecule has 0 heterocycles. The van der Waals surface area contributed by atoms with Gasteiger partial charge in [0, 0.05) is 0 Å². The fourth-order valence-electron chi connectivity index (χ4n) is 2.09. The summed E-state index contributed by atoms with van der Waals surface area (Å²) in [4.78, 5) is 0. The van der Waals surface area contributed by atoms with Crippen LogP contribution in [0.15, 0.2) is 100 Å². The predicted octanol–water partition coefficient (Wildman–Crippen LogP) is 5.24. The number of para-hydroxylation sites is 3. The Morgan fingerprint density at radius 2 is 1.38 bits per heavy atom. The van der Waals surface area contributed by atoms with Crippen molar-refractivity contribution >= 4 is 17.4 Å². The summed E-state index contributed by atoms with van der Waals surface area (Å²) in [6.45, 7) is 0. The summed E-state index contributed by atoms with van der Waals surface area (Å²) in [5, 5.41) is 12.5. The molecule has 0 spiro atoms. The van der Waals surface area contributed by atoms with E-state index in [4.69, 9.17) is 9.47 Å². The van der Waals surface area contributed by atoms with Crippen LogP contribution in [0.1, 0.15) is 0 Å². The monoisotopic (exact) mass is 346 g/mol. The van der Waals surface area contributed by atoms with Crippen molar-refractivity contribution in [2.24, 2.45) is 15.3 Å². The van der Waals surface area contributed by atoms with Crippen LogP contribution in [0.5, 0.6) is 11.5 Å². The van der Waals surface area contributed by atoms with Crippen molar-refractivity contribution < 1.29 is 9.47 Å². The Morgan fingerprint density at radius 3 is 2.08 bits per heavy atom. The van der Waals surface area contributed by atoms with Gasteiger partial charge in [-0.2, -0.15) is 0 Å². The number of nitrogens with one attached hydrogen (secondary N) is 1. The largest absolute Gasteiger partial charge is 0.493 e. The Hall–Kier alpha value is -3.67. The molecule has 6 heteroatoms. The van der Waals surface area contributed by atoms with Gasteiger partial charge in [0.1, 0.15) is 0 Å². The number of rotatable bonds is 5. The zero-order valence-electron chi connectivity index (χ0n) is 14.2. The van der Waals surface area contributed by atoms with Gasteiger partial charge < -0.3 is 9.47 Å². The molecule has 0 aliphatic rings. The van der Waals surface area contributed by atoms with Crippen molar-refractivity contribution in [3.63, 3.8) is 0 Å². The summed E-state index contributed by atoms with van der Waals surface area (Å²) >= 11 is 0. The van der Waals surface area contributed by atoms with Gasteiger partial charge in [-0.3, -0.25) is 5.43 Å². The first-order valence-corrected chi connectivity index (χ1v) is 8.01. The fraction of sp³-hybridized carbons (Fsp3) is 0.0500. The molecular weight excluding hydrogens is 328 g/mol. The molecule has 3 aromatic rings. The lowest BCUT2D eigenvalue weighted by Gasteiger charge is -2.09. The number of hydrogen-bond donors (Lipinski definition) is 1. The normalized spacial score (nSPS) is 11.3. The highest BCUT2D eigenvalue weighted by Crippen LogP contribution is 2.26. The summed E-state index contributed by atoms with van der Waals surface area (Å²) in [5.41, 5.74) is 4.41. The topological polar surface area (TPSA) is 67.6 Å². The summed E-state index contributed by atoms with van der Waals surface area (Å²) in [7, 11) is 1.58. The van der Waals surface area contributed by atoms with Gasteiger partial charge in [-0.05, 0) is 36.4 Å². The number of azo groups is 1. The van der Waals surface area contributed by atoms with E-state index in [1.165, 1.54) is 0 Å². The molecule has 0 unspecified atom stereocenters. The second kappa shape index (κ2) is 8.98. The van der Waals surface area contributed by atoms with Crippen LogP contribution in [0.25, 0.3) is 0 Å². The summed E-state index contributed by atoms with van der Waals surface area (Å²) in [6, 6.07) is 26.2. The Balaban J connectivity index is 1.84. The molecule has 130 valence electrons. The Bertz CT molecular complexity index is 881. The lowest BCUT2D eigenvalue weighted by atomic mass is 10.3. The van der Waals surface area contributed by atoms with Crippen molar-refractivity contribution in [3.8, 4) is 11.5 Å². The molecule has 0 saturated carbocycles. The molecule has 0 amide bonds. The minimum absolute atomic E-state index is 0.0576. The lowest BCUT2D eigenvalue weighted by Crippen LogP contribution is -2.08. The van der Waals surface area contributed by atoms with E-state index < -0.39 is 0 Å². The van der Waals surface area contributed by atoms with Crippen molar-refractivity contribution in [3.05, 3.63) is 84.9 Å². The van der Waals surface area contributed by atoms with Crippen molar-refractivity contribution in [1.29, 1.82) is 0 Å². The molecule has 1 N–H and O–H groups in total. The number of nitrogens with zero attached hydrogens (tertiary/aromatic N) is 3. The number of ether oxygens (including phenoxy) is 2. The van der Waals surface area contributed by atoms with E-state index in [1.54, 1.807) is 19.2 Å². The van der Waals surface area contributed by atoms with E-state index in [9.17, 15) is 0 Å². The van der Waals surface area contributed by atoms with E-state index in [2.05, 4.69) is 20.8 Å². The molecule has 0 aliphatic heterocycles. The van der Waals surface area contributed by atoms with Crippen LogP contribution in [-0.4, -0.2) is 13.1 Å². The average Bonchev–Trinajstić information content (AvgIpc) is 2.72. The molecule has 6 nitrogen and oxygen atoms in total. The Morgan fingerprint density at radius 1 is 0.769 bits per heavy atom. The summed E-state index contributed by atoms with van der Waals surface area (Å²) < 4.78 is 11.1. The first kappa shape index (κ1) is 17.2. The number of amidine groups is 1. The van der Waals surface area contributed by atoms with E-state index in [-0.39, 0.29) is 6.02 Å². The SMILES string of the molecule is COc1ccccc1OC(N=Nc1ccccc1)=NNc1ccccc1. The lowest BCUT2D eigenvalue weighted by molar-refractivity contribution is 0.389. The third-order valence-corrected chi connectivity index (χ3v) is 3.33. The van der Waals surface area contributed by atoms with Gasteiger partial charge in [-0.25, -0.2) is 0 Å². The highest BCUT2D eigenvalue weighted by Gasteiger charge is 2.08. The molecule has 0 saturated heterocycles. The van der Waals surface area contributed by atoms with Crippen LogP contribution in [0, 0.1) is 0 Å². The van der Waals surface area contributed by atoms with Crippen LogP contribution in [0.2, 0.25) is 0 Å². The maximum absolute atomic E-state index is 5.78. The predicted molar refractivity (Wildman–Crippen MR) is 102 cm³/mol. The van der Waals surface area contributed by atoms with Gasteiger partial charge in [0.25, 0.3) is 0 Å².